The first-order valence-electron chi connectivity index (χ1n) is 5.14. The number of benzene rings is 1. The lowest BCUT2D eigenvalue weighted by atomic mass is 10.1. The highest BCUT2D eigenvalue weighted by Crippen LogP contribution is 2.29. The Hall–Kier alpha value is -1.61. The van der Waals surface area contributed by atoms with Crippen molar-refractivity contribution in [3.05, 3.63) is 29.6 Å². The molecule has 90 valence electrons. The third-order valence-electron chi connectivity index (χ3n) is 2.66. The SMILES string of the molecule is CC1CN(c2ccc(F)cc2C#N)S(=O)(=O)C1. The normalized spacial score (nSPS) is 22.4. The lowest BCUT2D eigenvalue weighted by Gasteiger charge is -2.18. The second-order valence-electron chi connectivity index (χ2n) is 4.19. The second-order valence-corrected chi connectivity index (χ2v) is 6.13. The molecule has 0 spiro atoms. The third-order valence-corrected chi connectivity index (χ3v) is 4.66. The third kappa shape index (κ3) is 2.11. The average molecular weight is 254 g/mol. The van der Waals surface area contributed by atoms with Crippen molar-refractivity contribution in [1.29, 1.82) is 5.26 Å². The Kier molecular flexibility index (Phi) is 2.79. The highest BCUT2D eigenvalue weighted by Gasteiger charge is 2.34. The van der Waals surface area contributed by atoms with Crippen LogP contribution in [0.4, 0.5) is 10.1 Å². The molecular formula is C11H11FN2O2S. The first-order valence-corrected chi connectivity index (χ1v) is 6.75. The smallest absolute Gasteiger partial charge is 0.235 e. The van der Waals surface area contributed by atoms with E-state index in [1.165, 1.54) is 10.4 Å². The number of hydrogen-bond donors (Lipinski definition) is 0. The summed E-state index contributed by atoms with van der Waals surface area (Å²) in [5.41, 5.74) is 0.306. The number of hydrogen-bond acceptors (Lipinski definition) is 3. The van der Waals surface area contributed by atoms with Crippen LogP contribution in [0.15, 0.2) is 18.2 Å². The molecule has 1 aliphatic heterocycles. The fraction of sp³-hybridized carbons (Fsp3) is 0.364. The average Bonchev–Trinajstić information content (AvgIpc) is 2.51. The van der Waals surface area contributed by atoms with Gasteiger partial charge in [-0.1, -0.05) is 6.92 Å². The molecule has 0 N–H and O–H groups in total. The minimum absolute atomic E-state index is 0.0107. The number of sulfonamides is 1. The van der Waals surface area contributed by atoms with Gasteiger partial charge in [0.2, 0.25) is 10.0 Å². The molecule has 1 unspecified atom stereocenters. The monoisotopic (exact) mass is 254 g/mol. The van der Waals surface area contributed by atoms with Crippen molar-refractivity contribution < 1.29 is 12.8 Å². The summed E-state index contributed by atoms with van der Waals surface area (Å²) in [6.07, 6.45) is 0. The maximum Gasteiger partial charge on any atom is 0.235 e. The molecular weight excluding hydrogens is 243 g/mol. The van der Waals surface area contributed by atoms with Gasteiger partial charge in [0, 0.05) is 6.54 Å². The van der Waals surface area contributed by atoms with Crippen LogP contribution >= 0.6 is 0 Å². The van der Waals surface area contributed by atoms with E-state index in [1.54, 1.807) is 0 Å². The topological polar surface area (TPSA) is 61.2 Å². The zero-order valence-electron chi connectivity index (χ0n) is 9.22. The van der Waals surface area contributed by atoms with Crippen molar-refractivity contribution in [1.82, 2.24) is 0 Å². The van der Waals surface area contributed by atoms with Gasteiger partial charge in [0.15, 0.2) is 0 Å². The molecule has 1 atom stereocenters. The van der Waals surface area contributed by atoms with E-state index in [1.807, 2.05) is 13.0 Å². The Labute approximate surface area is 99.3 Å². The van der Waals surface area contributed by atoms with Gasteiger partial charge in [-0.25, -0.2) is 12.8 Å². The van der Waals surface area contributed by atoms with Gasteiger partial charge in [-0.3, -0.25) is 4.31 Å². The van der Waals surface area contributed by atoms with Crippen LogP contribution in [0, 0.1) is 23.1 Å². The molecule has 0 bridgehead atoms. The first-order chi connectivity index (χ1) is 7.94. The molecule has 17 heavy (non-hydrogen) atoms. The summed E-state index contributed by atoms with van der Waals surface area (Å²) in [6, 6.07) is 5.37. The lowest BCUT2D eigenvalue weighted by Crippen LogP contribution is -2.26. The van der Waals surface area contributed by atoms with Gasteiger partial charge in [-0.05, 0) is 24.1 Å². The zero-order valence-corrected chi connectivity index (χ0v) is 10.0. The van der Waals surface area contributed by atoms with Gasteiger partial charge >= 0.3 is 0 Å². The Balaban J connectivity index is 2.52. The maximum atomic E-state index is 13.0. The molecule has 0 amide bonds. The molecule has 1 aliphatic rings. The Morgan fingerprint density at radius 2 is 2.24 bits per heavy atom. The predicted octanol–water partition coefficient (Wildman–Crippen LogP) is 1.48. The van der Waals surface area contributed by atoms with Gasteiger partial charge in [0.1, 0.15) is 11.9 Å². The van der Waals surface area contributed by atoms with Gasteiger partial charge in [0.05, 0.1) is 17.0 Å². The molecule has 0 aromatic heterocycles. The molecule has 1 saturated heterocycles. The van der Waals surface area contributed by atoms with E-state index in [-0.39, 0.29) is 22.9 Å². The molecule has 4 nitrogen and oxygen atoms in total. The zero-order chi connectivity index (χ0) is 12.6. The summed E-state index contributed by atoms with van der Waals surface area (Å²) >= 11 is 0. The largest absolute Gasteiger partial charge is 0.269 e. The molecule has 1 fully saturated rings. The van der Waals surface area contributed by atoms with Crippen molar-refractivity contribution in [3.8, 4) is 6.07 Å². The van der Waals surface area contributed by atoms with Gasteiger partial charge in [-0.2, -0.15) is 5.26 Å². The van der Waals surface area contributed by atoms with E-state index in [0.29, 0.717) is 6.54 Å². The first kappa shape index (κ1) is 11.9. The Bertz CT molecular complexity index is 592. The Morgan fingerprint density at radius 1 is 1.53 bits per heavy atom. The standard InChI is InChI=1S/C11H11FN2O2S/c1-8-6-14(17(15,16)7-8)11-3-2-10(12)4-9(11)5-13/h2-4,8H,6-7H2,1H3. The number of rotatable bonds is 1. The molecule has 1 aromatic rings. The molecule has 2 rings (SSSR count). The molecule has 0 radical (unpaired) electrons. The highest BCUT2D eigenvalue weighted by atomic mass is 32.2. The molecule has 1 heterocycles. The molecule has 0 saturated carbocycles. The van der Waals surface area contributed by atoms with Gasteiger partial charge < -0.3 is 0 Å². The van der Waals surface area contributed by atoms with E-state index in [4.69, 9.17) is 5.26 Å². The van der Waals surface area contributed by atoms with Crippen LogP contribution in [0.25, 0.3) is 0 Å². The Morgan fingerprint density at radius 3 is 2.76 bits per heavy atom. The van der Waals surface area contributed by atoms with Crippen LogP contribution in [-0.2, 0) is 10.0 Å². The highest BCUT2D eigenvalue weighted by molar-refractivity contribution is 7.93. The van der Waals surface area contributed by atoms with E-state index >= 15 is 0 Å². The van der Waals surface area contributed by atoms with Crippen LogP contribution in [0.1, 0.15) is 12.5 Å². The fourth-order valence-corrected chi connectivity index (χ4v) is 3.91. The summed E-state index contributed by atoms with van der Waals surface area (Å²) < 4.78 is 37.9. The predicted molar refractivity (Wildman–Crippen MR) is 61.4 cm³/mol. The van der Waals surface area contributed by atoms with Crippen LogP contribution in [0.2, 0.25) is 0 Å². The molecule has 0 aliphatic carbocycles. The summed E-state index contributed by atoms with van der Waals surface area (Å²) in [6.45, 7) is 2.16. The summed E-state index contributed by atoms with van der Waals surface area (Å²) in [4.78, 5) is 0. The van der Waals surface area contributed by atoms with Crippen molar-refractivity contribution in [2.24, 2.45) is 5.92 Å². The molecule has 1 aromatic carbocycles. The number of nitrogens with zero attached hydrogens (tertiary/aromatic N) is 2. The number of anilines is 1. The van der Waals surface area contributed by atoms with Crippen LogP contribution in [-0.4, -0.2) is 20.7 Å². The van der Waals surface area contributed by atoms with Crippen molar-refractivity contribution in [3.63, 3.8) is 0 Å². The van der Waals surface area contributed by atoms with Crippen LogP contribution in [0.3, 0.4) is 0 Å². The van der Waals surface area contributed by atoms with Crippen LogP contribution in [0.5, 0.6) is 0 Å². The van der Waals surface area contributed by atoms with Crippen LogP contribution < -0.4 is 4.31 Å². The van der Waals surface area contributed by atoms with Crippen molar-refractivity contribution in [2.45, 2.75) is 6.92 Å². The number of halogens is 1. The maximum absolute atomic E-state index is 13.0. The fourth-order valence-electron chi connectivity index (χ4n) is 1.96. The van der Waals surface area contributed by atoms with E-state index in [0.717, 1.165) is 12.1 Å². The van der Waals surface area contributed by atoms with Gasteiger partial charge in [-0.15, -0.1) is 0 Å². The van der Waals surface area contributed by atoms with E-state index in [2.05, 4.69) is 0 Å². The minimum Gasteiger partial charge on any atom is -0.269 e. The minimum atomic E-state index is -3.37. The summed E-state index contributed by atoms with van der Waals surface area (Å²) in [7, 11) is -3.37. The van der Waals surface area contributed by atoms with Crippen molar-refractivity contribution in [2.75, 3.05) is 16.6 Å². The van der Waals surface area contributed by atoms with E-state index in [9.17, 15) is 12.8 Å². The quantitative estimate of drug-likeness (QED) is 0.762. The summed E-state index contributed by atoms with van der Waals surface area (Å²) in [5, 5.41) is 8.90. The summed E-state index contributed by atoms with van der Waals surface area (Å²) in [5.74, 6) is -0.471. The van der Waals surface area contributed by atoms with E-state index < -0.39 is 15.8 Å². The second kappa shape index (κ2) is 4.00. The van der Waals surface area contributed by atoms with Crippen molar-refractivity contribution >= 4 is 15.7 Å². The molecule has 6 heteroatoms. The number of nitriles is 1. The lowest BCUT2D eigenvalue weighted by molar-refractivity contribution is 0.597. The van der Waals surface area contributed by atoms with Gasteiger partial charge in [0.25, 0.3) is 0 Å².